The maximum Gasteiger partial charge on any atom is 0.343 e. The van der Waals surface area contributed by atoms with Crippen LogP contribution in [0.2, 0.25) is 0 Å². The molecule has 22 heteroatoms. The molecule has 2 heterocycles. The van der Waals surface area contributed by atoms with E-state index in [2.05, 4.69) is 0 Å². The van der Waals surface area contributed by atoms with E-state index in [4.69, 9.17) is 18.9 Å². The second-order valence-corrected chi connectivity index (χ2v) is 15.1. The highest BCUT2D eigenvalue weighted by Gasteiger charge is 2.47. The Bertz CT molecular complexity index is 2970. The Morgan fingerprint density at radius 1 is 0.470 bits per heavy atom. The molecule has 66 heavy (non-hydrogen) atoms. The number of aliphatic hydroxyl groups excluding tert-OH is 2. The summed E-state index contributed by atoms with van der Waals surface area (Å²) >= 11 is 0. The standard InChI is InChI=1S/C44H34O22/c45-17-9-20(47)32-29(10-17)63-41(14-2-27(54)38(59)31(8-14)65-44(62)16-5-24(51)36(57)25(52)6-16)39(60)34(32)33-21(48)12-19(46)18-11-28(55)40(66-42(18)33)13-1-26(53)37(58)30(7-13)64-43(61)15-3-22(49)35(56)23(50)4-15/h1-10,12,28,34,39-41,45-60H,11H2/t28-,34-,39?,40-,41?/m0/s1. The Kier molecular flexibility index (Phi) is 10.5. The van der Waals surface area contributed by atoms with E-state index in [-0.39, 0.29) is 28.0 Å². The first-order valence-corrected chi connectivity index (χ1v) is 19.0. The lowest BCUT2D eigenvalue weighted by molar-refractivity contribution is 0.00105. The van der Waals surface area contributed by atoms with Crippen LogP contribution in [0.5, 0.6) is 103 Å². The SMILES string of the molecule is O=C(Oc1cc(C2Oc3cc(O)cc(O)c3[C@@H](c3c(O)cc(O)c4c3O[C@@H](c3cc(O)c(O)c(OC(=O)c5cc(O)c(O)c(O)c5)c3)[C@@H](O)C4)C2O)cc(O)c1O)c1cc(O)c(O)c(O)c1. The number of hydrogen-bond acceptors (Lipinski definition) is 22. The molecule has 0 fully saturated rings. The molecule has 8 rings (SSSR count). The molecule has 0 amide bonds. The number of aliphatic hydroxyl groups is 2. The second kappa shape index (κ2) is 16.0. The molecular weight excluding hydrogens is 880 g/mol. The van der Waals surface area contributed by atoms with Gasteiger partial charge in [0.15, 0.2) is 69.7 Å². The summed E-state index contributed by atoms with van der Waals surface area (Å²) < 4.78 is 22.7. The van der Waals surface area contributed by atoms with Gasteiger partial charge in [-0.2, -0.15) is 0 Å². The van der Waals surface area contributed by atoms with Gasteiger partial charge in [0.2, 0.25) is 11.5 Å². The molecule has 2 aliphatic rings. The number of phenolic OH excluding ortho intramolecular Hbond substituents is 14. The number of benzene rings is 6. The van der Waals surface area contributed by atoms with Crippen molar-refractivity contribution >= 4 is 11.9 Å². The molecule has 6 aromatic carbocycles. The quantitative estimate of drug-likeness (QED) is 0.0617. The highest BCUT2D eigenvalue weighted by molar-refractivity contribution is 5.94. The Balaban J connectivity index is 1.20. The van der Waals surface area contributed by atoms with Crippen LogP contribution in [0.25, 0.3) is 0 Å². The van der Waals surface area contributed by atoms with Crippen molar-refractivity contribution in [2.75, 3.05) is 0 Å². The number of esters is 2. The van der Waals surface area contributed by atoms with Gasteiger partial charge in [-0.1, -0.05) is 0 Å². The summed E-state index contributed by atoms with van der Waals surface area (Å²) in [5, 5.41) is 170. The Hall–Kier alpha value is -9.02. The van der Waals surface area contributed by atoms with Gasteiger partial charge in [0.1, 0.15) is 40.6 Å². The summed E-state index contributed by atoms with van der Waals surface area (Å²) in [5.74, 6) is -18.8. The summed E-state index contributed by atoms with van der Waals surface area (Å²) in [5.41, 5.74) is -2.40. The number of carbonyl (C=O) groups is 2. The molecule has 2 unspecified atom stereocenters. The van der Waals surface area contributed by atoms with Gasteiger partial charge >= 0.3 is 11.9 Å². The van der Waals surface area contributed by atoms with E-state index in [1.165, 1.54) is 0 Å². The average molecular weight is 915 g/mol. The summed E-state index contributed by atoms with van der Waals surface area (Å²) in [6, 6.07) is 9.28. The minimum Gasteiger partial charge on any atom is -0.508 e. The molecule has 0 bridgehead atoms. The monoisotopic (exact) mass is 914 g/mol. The Morgan fingerprint density at radius 2 is 0.924 bits per heavy atom. The topological polar surface area (TPSA) is 395 Å². The van der Waals surface area contributed by atoms with Crippen molar-refractivity contribution in [1.82, 2.24) is 0 Å². The van der Waals surface area contributed by atoms with Crippen molar-refractivity contribution in [3.8, 4) is 103 Å². The van der Waals surface area contributed by atoms with Gasteiger partial charge in [0.05, 0.1) is 23.1 Å². The third kappa shape index (κ3) is 7.42. The van der Waals surface area contributed by atoms with Gasteiger partial charge in [0, 0.05) is 52.4 Å². The van der Waals surface area contributed by atoms with E-state index in [1.807, 2.05) is 0 Å². The maximum absolute atomic E-state index is 13.1. The number of ether oxygens (including phenoxy) is 4. The summed E-state index contributed by atoms with van der Waals surface area (Å²) in [6.07, 6.45) is -7.50. The van der Waals surface area contributed by atoms with Gasteiger partial charge in [-0.15, -0.1) is 0 Å². The molecule has 22 nitrogen and oxygen atoms in total. The molecule has 0 radical (unpaired) electrons. The number of rotatable bonds is 7. The van der Waals surface area contributed by atoms with Crippen LogP contribution in [0.15, 0.2) is 66.7 Å². The third-order valence-corrected chi connectivity index (χ3v) is 10.8. The average Bonchev–Trinajstić information content (AvgIpc) is 3.25. The molecular formula is C44H34O22. The van der Waals surface area contributed by atoms with Crippen LogP contribution in [-0.2, 0) is 6.42 Å². The number of phenols is 14. The van der Waals surface area contributed by atoms with Crippen LogP contribution in [0.1, 0.15) is 66.7 Å². The van der Waals surface area contributed by atoms with Crippen molar-refractivity contribution in [3.05, 3.63) is 106 Å². The van der Waals surface area contributed by atoms with Crippen molar-refractivity contribution in [3.63, 3.8) is 0 Å². The normalized spacial score (nSPS) is 18.5. The molecule has 0 aliphatic carbocycles. The lowest BCUT2D eigenvalue weighted by atomic mass is 9.77. The van der Waals surface area contributed by atoms with Crippen LogP contribution in [0.4, 0.5) is 0 Å². The highest BCUT2D eigenvalue weighted by Crippen LogP contribution is 2.58. The molecule has 0 saturated heterocycles. The number of aromatic hydroxyl groups is 14. The largest absolute Gasteiger partial charge is 0.508 e. The van der Waals surface area contributed by atoms with Crippen molar-refractivity contribution in [1.29, 1.82) is 0 Å². The Morgan fingerprint density at radius 3 is 1.42 bits per heavy atom. The Labute approximate surface area is 367 Å². The predicted octanol–water partition coefficient (Wildman–Crippen LogP) is 3.67. The highest BCUT2D eigenvalue weighted by atomic mass is 16.6. The maximum atomic E-state index is 13.1. The van der Waals surface area contributed by atoms with Gasteiger partial charge in [0.25, 0.3) is 0 Å². The van der Waals surface area contributed by atoms with Crippen molar-refractivity contribution in [2.24, 2.45) is 0 Å². The van der Waals surface area contributed by atoms with E-state index in [0.29, 0.717) is 0 Å². The zero-order valence-corrected chi connectivity index (χ0v) is 33.0. The lowest BCUT2D eigenvalue weighted by Gasteiger charge is -2.40. The fourth-order valence-electron chi connectivity index (χ4n) is 7.75. The fourth-order valence-corrected chi connectivity index (χ4v) is 7.75. The minimum absolute atomic E-state index is 0.175. The zero-order chi connectivity index (χ0) is 47.8. The van der Waals surface area contributed by atoms with Crippen LogP contribution < -0.4 is 18.9 Å². The third-order valence-electron chi connectivity index (χ3n) is 10.8. The van der Waals surface area contributed by atoms with Crippen LogP contribution in [0, 0.1) is 0 Å². The van der Waals surface area contributed by atoms with Gasteiger partial charge in [-0.25, -0.2) is 9.59 Å². The van der Waals surface area contributed by atoms with E-state index in [9.17, 15) is 91.3 Å². The van der Waals surface area contributed by atoms with Crippen LogP contribution >= 0.6 is 0 Å². The van der Waals surface area contributed by atoms with Crippen molar-refractivity contribution < 1.29 is 110 Å². The van der Waals surface area contributed by atoms with E-state index >= 15 is 0 Å². The molecule has 6 aromatic rings. The first-order chi connectivity index (χ1) is 31.1. The molecule has 0 aromatic heterocycles. The van der Waals surface area contributed by atoms with Gasteiger partial charge < -0.3 is 101 Å². The number of fused-ring (bicyclic) bond motifs is 2. The molecule has 2 aliphatic heterocycles. The second-order valence-electron chi connectivity index (χ2n) is 15.1. The first-order valence-electron chi connectivity index (χ1n) is 19.0. The predicted molar refractivity (Wildman–Crippen MR) is 216 cm³/mol. The summed E-state index contributed by atoms with van der Waals surface area (Å²) in [4.78, 5) is 26.1. The van der Waals surface area contributed by atoms with E-state index in [0.717, 1.165) is 66.7 Å². The molecule has 5 atom stereocenters. The zero-order valence-electron chi connectivity index (χ0n) is 33.0. The minimum atomic E-state index is -2.01. The molecule has 16 N–H and O–H groups in total. The lowest BCUT2D eigenvalue weighted by Crippen LogP contribution is -2.37. The molecule has 342 valence electrons. The first kappa shape index (κ1) is 43.6. The summed E-state index contributed by atoms with van der Waals surface area (Å²) in [6.45, 7) is 0. The van der Waals surface area contributed by atoms with Crippen LogP contribution in [-0.4, -0.2) is 106 Å². The van der Waals surface area contributed by atoms with E-state index in [1.54, 1.807) is 0 Å². The number of hydrogen-bond donors (Lipinski definition) is 16. The van der Waals surface area contributed by atoms with Crippen molar-refractivity contribution in [2.45, 2.75) is 36.8 Å². The number of carbonyl (C=O) groups excluding carboxylic acids is 2. The smallest absolute Gasteiger partial charge is 0.343 e. The van der Waals surface area contributed by atoms with Crippen LogP contribution in [0.3, 0.4) is 0 Å². The van der Waals surface area contributed by atoms with Gasteiger partial charge in [-0.3, -0.25) is 0 Å². The van der Waals surface area contributed by atoms with Gasteiger partial charge in [-0.05, 0) is 48.5 Å². The van der Waals surface area contributed by atoms with E-state index < -0.39 is 163 Å². The molecule has 0 saturated carbocycles. The fraction of sp³-hybridized carbons (Fsp3) is 0.136. The molecule has 0 spiro atoms. The summed E-state index contributed by atoms with van der Waals surface area (Å²) in [7, 11) is 0.